The number of hydrogen-bond donors (Lipinski definition) is 0. The maximum absolute atomic E-state index is 4.25. The first-order valence-corrected chi connectivity index (χ1v) is 8.38. The maximum atomic E-state index is 4.25. The second kappa shape index (κ2) is 4.86. The Kier molecular flexibility index (Phi) is 3.49. The largest absolute Gasteiger partial charge is 0.264 e. The molecule has 0 fully saturated rings. The van der Waals surface area contributed by atoms with Crippen molar-refractivity contribution >= 4 is 40.8 Å². The highest BCUT2D eigenvalue weighted by molar-refractivity contribution is 14.2. The molecule has 0 radical (unpaired) electrons. The molecule has 1 aromatic carbocycles. The lowest BCUT2D eigenvalue weighted by Crippen LogP contribution is -1.77. The molecule has 1 aromatic heterocycles. The normalized spacial score (nSPS) is 11.0. The molecule has 1 unspecified atom stereocenters. The van der Waals surface area contributed by atoms with Gasteiger partial charge < -0.3 is 0 Å². The Morgan fingerprint density at radius 3 is 2.87 bits per heavy atom. The van der Waals surface area contributed by atoms with Crippen molar-refractivity contribution in [3.8, 4) is 11.1 Å². The molecule has 5 heteroatoms. The molecule has 0 bridgehead atoms. The highest BCUT2D eigenvalue weighted by Crippen LogP contribution is 2.31. The summed E-state index contributed by atoms with van der Waals surface area (Å²) in [6.45, 7) is 3.57. The predicted octanol–water partition coefficient (Wildman–Crippen LogP) is 3.67. The number of halogens is 1. The minimum absolute atomic E-state index is 0.623. The van der Waals surface area contributed by atoms with Crippen LogP contribution in [0.4, 0.5) is 5.69 Å². The van der Waals surface area contributed by atoms with Crippen molar-refractivity contribution in [2.75, 3.05) is 0 Å². The van der Waals surface area contributed by atoms with E-state index in [-0.39, 0.29) is 0 Å². The standard InChI is InChI=1S/C10H9IN3P/c1-12-10-5-3-2-4-9(10)8-6-13-14(7-8)15-11/h2-7,15H,1H2. The zero-order valence-electron chi connectivity index (χ0n) is 7.89. The van der Waals surface area contributed by atoms with Gasteiger partial charge in [-0.1, -0.05) is 18.2 Å². The Balaban J connectivity index is 2.48. The van der Waals surface area contributed by atoms with Gasteiger partial charge >= 0.3 is 0 Å². The first-order valence-electron chi connectivity index (χ1n) is 4.32. The number of hydrogen-bond acceptors (Lipinski definition) is 2. The summed E-state index contributed by atoms with van der Waals surface area (Å²) in [6, 6.07) is 7.93. The first-order chi connectivity index (χ1) is 7.35. The van der Waals surface area contributed by atoms with Crippen LogP contribution in [-0.2, 0) is 0 Å². The van der Waals surface area contributed by atoms with Crippen molar-refractivity contribution in [3.05, 3.63) is 36.7 Å². The summed E-state index contributed by atoms with van der Waals surface area (Å²) in [6.07, 6.45) is 4.50. The fourth-order valence-corrected chi connectivity index (χ4v) is 2.44. The van der Waals surface area contributed by atoms with Gasteiger partial charge in [-0.2, -0.15) is 5.10 Å². The minimum atomic E-state index is 0.623. The van der Waals surface area contributed by atoms with Crippen molar-refractivity contribution in [3.63, 3.8) is 0 Å². The zero-order valence-corrected chi connectivity index (χ0v) is 11.0. The molecule has 2 rings (SSSR count). The topological polar surface area (TPSA) is 30.2 Å². The third-order valence-corrected chi connectivity index (χ3v) is 3.96. The third-order valence-electron chi connectivity index (χ3n) is 2.05. The van der Waals surface area contributed by atoms with Crippen molar-refractivity contribution in [1.82, 2.24) is 9.55 Å². The number of rotatable bonds is 3. The number of nitrogens with zero attached hydrogens (tertiary/aromatic N) is 3. The zero-order chi connectivity index (χ0) is 10.7. The van der Waals surface area contributed by atoms with Crippen LogP contribution in [0.15, 0.2) is 41.7 Å². The van der Waals surface area contributed by atoms with Gasteiger partial charge in [-0.15, -0.1) is 0 Å². The maximum Gasteiger partial charge on any atom is 0.0701 e. The molecule has 3 nitrogen and oxygen atoms in total. The molecule has 0 N–H and O–H groups in total. The van der Waals surface area contributed by atoms with Gasteiger partial charge in [0.1, 0.15) is 0 Å². The molecular formula is C10H9IN3P. The molecular weight excluding hydrogens is 320 g/mol. The van der Waals surface area contributed by atoms with E-state index in [1.807, 2.05) is 41.1 Å². The molecule has 0 aliphatic carbocycles. The van der Waals surface area contributed by atoms with E-state index >= 15 is 0 Å². The number of aromatic nitrogens is 2. The molecule has 15 heavy (non-hydrogen) atoms. The van der Waals surface area contributed by atoms with Crippen LogP contribution in [0.25, 0.3) is 11.1 Å². The van der Waals surface area contributed by atoms with Crippen LogP contribution in [0.1, 0.15) is 0 Å². The molecule has 0 amide bonds. The number of para-hydroxylation sites is 1. The van der Waals surface area contributed by atoms with Crippen LogP contribution in [0, 0.1) is 0 Å². The van der Waals surface area contributed by atoms with Gasteiger partial charge in [-0.3, -0.25) is 4.99 Å². The quantitative estimate of drug-likeness (QED) is 0.480. The second-order valence-electron chi connectivity index (χ2n) is 2.93. The minimum Gasteiger partial charge on any atom is -0.264 e. The van der Waals surface area contributed by atoms with Crippen LogP contribution in [0.5, 0.6) is 0 Å². The number of benzene rings is 1. The van der Waals surface area contributed by atoms with Crippen LogP contribution in [0.2, 0.25) is 0 Å². The summed E-state index contributed by atoms with van der Waals surface area (Å²) in [4.78, 5) is 4.00. The van der Waals surface area contributed by atoms with Gasteiger partial charge in [0, 0.05) is 17.3 Å². The SMILES string of the molecule is C=Nc1ccccc1-c1cnn(PI)c1. The molecule has 0 spiro atoms. The summed E-state index contributed by atoms with van der Waals surface area (Å²) >= 11 is 2.30. The Hall–Kier alpha value is -0.740. The average Bonchev–Trinajstić information content (AvgIpc) is 2.77. The van der Waals surface area contributed by atoms with Crippen molar-refractivity contribution in [1.29, 1.82) is 0 Å². The van der Waals surface area contributed by atoms with Gasteiger partial charge in [-0.05, 0) is 34.8 Å². The van der Waals surface area contributed by atoms with E-state index in [1.165, 1.54) is 0 Å². The molecule has 0 aliphatic rings. The third kappa shape index (κ3) is 2.26. The molecule has 76 valence electrons. The summed E-state index contributed by atoms with van der Waals surface area (Å²) in [5, 5.41) is 4.25. The van der Waals surface area contributed by atoms with Gasteiger partial charge in [0.2, 0.25) is 0 Å². The van der Waals surface area contributed by atoms with Crippen LogP contribution >= 0.6 is 28.4 Å². The van der Waals surface area contributed by atoms with Crippen LogP contribution in [0.3, 0.4) is 0 Å². The van der Waals surface area contributed by atoms with E-state index in [2.05, 4.69) is 38.8 Å². The van der Waals surface area contributed by atoms with Crippen LogP contribution < -0.4 is 0 Å². The first kappa shape index (κ1) is 10.8. The van der Waals surface area contributed by atoms with E-state index in [9.17, 15) is 0 Å². The second-order valence-corrected chi connectivity index (χ2v) is 5.01. The van der Waals surface area contributed by atoms with Crippen molar-refractivity contribution in [2.45, 2.75) is 0 Å². The van der Waals surface area contributed by atoms with Gasteiger partial charge in [0.05, 0.1) is 18.3 Å². The highest BCUT2D eigenvalue weighted by Gasteiger charge is 2.05. The lowest BCUT2D eigenvalue weighted by Gasteiger charge is -2.00. The van der Waals surface area contributed by atoms with Gasteiger partial charge in [0.25, 0.3) is 0 Å². The fourth-order valence-electron chi connectivity index (χ4n) is 1.36. The number of aliphatic imine (C=N–C) groups is 1. The van der Waals surface area contributed by atoms with E-state index < -0.39 is 0 Å². The smallest absolute Gasteiger partial charge is 0.0701 e. The molecule has 0 saturated heterocycles. The molecule has 2 aromatic rings. The molecule has 0 aliphatic heterocycles. The lowest BCUT2D eigenvalue weighted by molar-refractivity contribution is 1.01. The average molecular weight is 329 g/mol. The summed E-state index contributed by atoms with van der Waals surface area (Å²) < 4.78 is 1.91. The Bertz CT molecular complexity index is 481. The van der Waals surface area contributed by atoms with E-state index in [4.69, 9.17) is 0 Å². The molecule has 0 saturated carbocycles. The summed E-state index contributed by atoms with van der Waals surface area (Å²) in [7, 11) is 0. The Morgan fingerprint density at radius 1 is 1.40 bits per heavy atom. The van der Waals surface area contributed by atoms with Crippen LogP contribution in [-0.4, -0.2) is 16.3 Å². The van der Waals surface area contributed by atoms with Gasteiger partial charge in [-0.25, -0.2) is 4.45 Å². The van der Waals surface area contributed by atoms with E-state index in [0.29, 0.717) is 6.37 Å². The monoisotopic (exact) mass is 329 g/mol. The predicted molar refractivity (Wildman–Crippen MR) is 74.6 cm³/mol. The molecule has 1 heterocycles. The van der Waals surface area contributed by atoms with Crippen molar-refractivity contribution in [2.24, 2.45) is 4.99 Å². The summed E-state index contributed by atoms with van der Waals surface area (Å²) in [5.41, 5.74) is 3.06. The fraction of sp³-hybridized carbons (Fsp3) is 0. The lowest BCUT2D eigenvalue weighted by atomic mass is 10.1. The molecule has 1 atom stereocenters. The summed E-state index contributed by atoms with van der Waals surface area (Å²) in [5.74, 6) is 0. The van der Waals surface area contributed by atoms with E-state index in [1.54, 1.807) is 0 Å². The van der Waals surface area contributed by atoms with Gasteiger partial charge in [0.15, 0.2) is 0 Å². The Morgan fingerprint density at radius 2 is 2.20 bits per heavy atom. The highest BCUT2D eigenvalue weighted by atomic mass is 127. The van der Waals surface area contributed by atoms with Crippen molar-refractivity contribution < 1.29 is 0 Å². The Labute approximate surface area is 103 Å². The van der Waals surface area contributed by atoms with E-state index in [0.717, 1.165) is 16.8 Å².